The molecule has 33 heavy (non-hydrogen) atoms. The Hall–Kier alpha value is -3.36. The Morgan fingerprint density at radius 1 is 1.27 bits per heavy atom. The monoisotopic (exact) mass is 480 g/mol. The molecule has 0 bridgehead atoms. The predicted octanol–water partition coefficient (Wildman–Crippen LogP) is 5.20. The molecule has 7 nitrogen and oxygen atoms in total. The number of H-pyrrole nitrogens is 1. The zero-order valence-electron chi connectivity index (χ0n) is 17.8. The first kappa shape index (κ1) is 21.5. The van der Waals surface area contributed by atoms with E-state index in [0.717, 1.165) is 28.6 Å². The van der Waals surface area contributed by atoms with Crippen molar-refractivity contribution >= 4 is 50.8 Å². The molecule has 9 heteroatoms. The number of fused-ring (bicyclic) bond motifs is 1. The lowest BCUT2D eigenvalue weighted by molar-refractivity contribution is -0.119. The number of halogens is 1. The predicted molar refractivity (Wildman–Crippen MR) is 130 cm³/mol. The largest absolute Gasteiger partial charge is 0.496 e. The van der Waals surface area contributed by atoms with E-state index in [0.29, 0.717) is 34.4 Å². The quantitative estimate of drug-likeness (QED) is 0.411. The molecule has 168 valence electrons. The van der Waals surface area contributed by atoms with Crippen molar-refractivity contribution in [2.45, 2.75) is 18.9 Å². The fraction of sp³-hybridized carbons (Fsp3) is 0.208. The number of carbonyl (C=O) groups is 2. The normalized spacial score (nSPS) is 15.7. The Labute approximate surface area is 199 Å². The van der Waals surface area contributed by atoms with Crippen molar-refractivity contribution in [3.05, 3.63) is 64.6 Å². The van der Waals surface area contributed by atoms with Gasteiger partial charge >= 0.3 is 0 Å². The molecule has 1 saturated heterocycles. The van der Waals surface area contributed by atoms with E-state index >= 15 is 0 Å². The standard InChI is InChI=1S/C24H21ClN4O3S/c1-32-21-9-8-14(25)11-16(21)23(31)29-10-4-7-20(29)22(30)28-24-27-19(13-33-24)17-12-26-18-6-3-2-5-15(17)18/h2-3,5-6,8-9,11-13,20,26H,4,7,10H2,1H3,(H,27,28,30). The van der Waals surface area contributed by atoms with Gasteiger partial charge in [0.2, 0.25) is 5.91 Å². The van der Waals surface area contributed by atoms with Crippen LogP contribution in [0.3, 0.4) is 0 Å². The van der Waals surface area contributed by atoms with Gasteiger partial charge in [-0.25, -0.2) is 4.98 Å². The number of amides is 2. The summed E-state index contributed by atoms with van der Waals surface area (Å²) < 4.78 is 5.32. The highest BCUT2D eigenvalue weighted by molar-refractivity contribution is 7.14. The Bertz CT molecular complexity index is 1350. The molecule has 0 radical (unpaired) electrons. The van der Waals surface area contributed by atoms with E-state index in [1.54, 1.807) is 23.1 Å². The first-order chi connectivity index (χ1) is 16.0. The summed E-state index contributed by atoms with van der Waals surface area (Å²) in [6.45, 7) is 0.491. The lowest BCUT2D eigenvalue weighted by Gasteiger charge is -2.24. The Morgan fingerprint density at radius 3 is 2.97 bits per heavy atom. The van der Waals surface area contributed by atoms with Crippen molar-refractivity contribution in [2.24, 2.45) is 0 Å². The van der Waals surface area contributed by atoms with Crippen LogP contribution in [-0.2, 0) is 4.79 Å². The number of aromatic nitrogens is 2. The molecule has 2 aromatic heterocycles. The summed E-state index contributed by atoms with van der Waals surface area (Å²) in [6.07, 6.45) is 3.24. The van der Waals surface area contributed by atoms with Crippen LogP contribution >= 0.6 is 22.9 Å². The molecule has 0 saturated carbocycles. The molecule has 1 aliphatic heterocycles. The molecule has 2 aromatic carbocycles. The highest BCUT2D eigenvalue weighted by atomic mass is 35.5. The minimum Gasteiger partial charge on any atom is -0.496 e. The molecule has 2 N–H and O–H groups in total. The van der Waals surface area contributed by atoms with Gasteiger partial charge in [0.25, 0.3) is 5.91 Å². The van der Waals surface area contributed by atoms with Gasteiger partial charge in [0.1, 0.15) is 11.8 Å². The third-order valence-corrected chi connectivity index (χ3v) is 6.80. The number of anilines is 1. The second-order valence-corrected chi connectivity index (χ2v) is 9.07. The van der Waals surface area contributed by atoms with Gasteiger partial charge in [0.05, 0.1) is 18.4 Å². The van der Waals surface area contributed by atoms with Crippen molar-refractivity contribution in [3.63, 3.8) is 0 Å². The van der Waals surface area contributed by atoms with Crippen molar-refractivity contribution in [1.82, 2.24) is 14.9 Å². The molecule has 0 aliphatic carbocycles. The van der Waals surface area contributed by atoms with Gasteiger partial charge in [-0.15, -0.1) is 11.3 Å². The number of nitrogens with one attached hydrogen (secondary N) is 2. The second kappa shape index (κ2) is 8.88. The molecular formula is C24H21ClN4O3S. The molecule has 1 atom stereocenters. The van der Waals surface area contributed by atoms with Crippen LogP contribution in [0.1, 0.15) is 23.2 Å². The molecule has 3 heterocycles. The number of methoxy groups -OCH3 is 1. The molecule has 5 rings (SSSR count). The summed E-state index contributed by atoms with van der Waals surface area (Å²) >= 11 is 7.46. The summed E-state index contributed by atoms with van der Waals surface area (Å²) in [4.78, 5) is 35.7. The number of likely N-dealkylation sites (tertiary alicyclic amines) is 1. The Morgan fingerprint density at radius 2 is 2.12 bits per heavy atom. The minimum absolute atomic E-state index is 0.248. The average Bonchev–Trinajstić information content (AvgIpc) is 3.57. The first-order valence-corrected chi connectivity index (χ1v) is 11.8. The number of para-hydroxylation sites is 1. The lowest BCUT2D eigenvalue weighted by Crippen LogP contribution is -2.43. The minimum atomic E-state index is -0.582. The topological polar surface area (TPSA) is 87.3 Å². The Balaban J connectivity index is 1.34. The summed E-state index contributed by atoms with van der Waals surface area (Å²) in [6, 6.07) is 12.3. The van der Waals surface area contributed by atoms with Gasteiger partial charge < -0.3 is 19.9 Å². The van der Waals surface area contributed by atoms with Gasteiger partial charge in [-0.1, -0.05) is 29.8 Å². The van der Waals surface area contributed by atoms with E-state index in [9.17, 15) is 9.59 Å². The SMILES string of the molecule is COc1ccc(Cl)cc1C(=O)N1CCCC1C(=O)Nc1nc(-c2c[nH]c3ccccc23)cs1. The summed E-state index contributed by atoms with van der Waals surface area (Å²) in [5.74, 6) is -0.0916. The highest BCUT2D eigenvalue weighted by Gasteiger charge is 2.36. The van der Waals surface area contributed by atoms with Gasteiger partial charge in [-0.2, -0.15) is 0 Å². The maximum absolute atomic E-state index is 13.2. The fourth-order valence-corrected chi connectivity index (χ4v) is 5.10. The fourth-order valence-electron chi connectivity index (χ4n) is 4.21. The van der Waals surface area contributed by atoms with E-state index in [4.69, 9.17) is 16.3 Å². The smallest absolute Gasteiger partial charge is 0.258 e. The summed E-state index contributed by atoms with van der Waals surface area (Å²) in [5.41, 5.74) is 3.15. The van der Waals surface area contributed by atoms with Crippen molar-refractivity contribution in [1.29, 1.82) is 0 Å². The third-order valence-electron chi connectivity index (χ3n) is 5.81. The van der Waals surface area contributed by atoms with Crippen LogP contribution in [-0.4, -0.2) is 46.4 Å². The number of ether oxygens (including phenoxy) is 1. The van der Waals surface area contributed by atoms with E-state index in [1.165, 1.54) is 18.4 Å². The van der Waals surface area contributed by atoms with Crippen LogP contribution in [0.5, 0.6) is 5.75 Å². The second-order valence-electron chi connectivity index (χ2n) is 7.78. The lowest BCUT2D eigenvalue weighted by atomic mass is 10.1. The molecule has 1 fully saturated rings. The molecule has 1 unspecified atom stereocenters. The number of aromatic amines is 1. The van der Waals surface area contributed by atoms with Crippen molar-refractivity contribution < 1.29 is 14.3 Å². The van der Waals surface area contributed by atoms with Crippen LogP contribution < -0.4 is 10.1 Å². The molecule has 4 aromatic rings. The van der Waals surface area contributed by atoms with Gasteiger partial charge in [0, 0.05) is 39.6 Å². The number of hydrogen-bond acceptors (Lipinski definition) is 5. The average molecular weight is 481 g/mol. The Kier molecular flexibility index (Phi) is 5.78. The molecular weight excluding hydrogens is 460 g/mol. The molecule has 2 amide bonds. The number of carbonyl (C=O) groups excluding carboxylic acids is 2. The van der Waals surface area contributed by atoms with Crippen LogP contribution in [0.15, 0.2) is 54.0 Å². The van der Waals surface area contributed by atoms with Crippen LogP contribution in [0, 0.1) is 0 Å². The zero-order valence-corrected chi connectivity index (χ0v) is 19.4. The zero-order chi connectivity index (χ0) is 22.9. The number of rotatable bonds is 5. The summed E-state index contributed by atoms with van der Waals surface area (Å²) in [7, 11) is 1.50. The number of thiazole rings is 1. The summed E-state index contributed by atoms with van der Waals surface area (Å²) in [5, 5.41) is 6.82. The van der Waals surface area contributed by atoms with E-state index in [2.05, 4.69) is 15.3 Å². The first-order valence-electron chi connectivity index (χ1n) is 10.5. The van der Waals surface area contributed by atoms with Crippen molar-refractivity contribution in [3.8, 4) is 17.0 Å². The number of nitrogens with zero attached hydrogens (tertiary/aromatic N) is 2. The van der Waals surface area contributed by atoms with E-state index in [-0.39, 0.29) is 11.8 Å². The van der Waals surface area contributed by atoms with Crippen molar-refractivity contribution in [2.75, 3.05) is 19.0 Å². The van der Waals surface area contributed by atoms with E-state index < -0.39 is 6.04 Å². The maximum Gasteiger partial charge on any atom is 0.258 e. The van der Waals surface area contributed by atoms with Gasteiger partial charge in [-0.05, 0) is 37.1 Å². The third kappa shape index (κ3) is 4.07. The van der Waals surface area contributed by atoms with Crippen LogP contribution in [0.2, 0.25) is 5.02 Å². The van der Waals surface area contributed by atoms with Gasteiger partial charge in [-0.3, -0.25) is 9.59 Å². The van der Waals surface area contributed by atoms with Gasteiger partial charge in [0.15, 0.2) is 5.13 Å². The van der Waals surface area contributed by atoms with Crippen LogP contribution in [0.4, 0.5) is 5.13 Å². The van der Waals surface area contributed by atoms with E-state index in [1.807, 2.05) is 35.8 Å². The number of benzene rings is 2. The van der Waals surface area contributed by atoms with Crippen LogP contribution in [0.25, 0.3) is 22.2 Å². The molecule has 0 spiro atoms. The maximum atomic E-state index is 13.2. The molecule has 1 aliphatic rings. The highest BCUT2D eigenvalue weighted by Crippen LogP contribution is 2.32. The number of hydrogen-bond donors (Lipinski definition) is 2.